The summed E-state index contributed by atoms with van der Waals surface area (Å²) in [4.78, 5) is 10.9. The van der Waals surface area contributed by atoms with Crippen LogP contribution in [-0.2, 0) is 6.54 Å². The average Bonchev–Trinajstić information content (AvgIpc) is 2.45. The molecule has 2 N–H and O–H groups in total. The summed E-state index contributed by atoms with van der Waals surface area (Å²) in [6.07, 6.45) is 0. The molecule has 104 valence electrons. The van der Waals surface area contributed by atoms with Crippen molar-refractivity contribution in [1.29, 1.82) is 0 Å². The third kappa shape index (κ3) is 3.42. The average molecular weight is 292 g/mol. The predicted octanol–water partition coefficient (Wildman–Crippen LogP) is 3.66. The number of carbonyl (C=O) groups is 1. The third-order valence-electron chi connectivity index (χ3n) is 2.82. The molecule has 0 atom stereocenters. The summed E-state index contributed by atoms with van der Waals surface area (Å²) in [7, 11) is 1.58. The lowest BCUT2D eigenvalue weighted by Crippen LogP contribution is -2.03. The number of carboxylic acids is 1. The summed E-state index contributed by atoms with van der Waals surface area (Å²) in [6, 6.07) is 12.1. The number of methoxy groups -OCH3 is 1. The second-order valence-electron chi connectivity index (χ2n) is 4.20. The number of halogens is 1. The van der Waals surface area contributed by atoms with Crippen molar-refractivity contribution in [3.8, 4) is 5.75 Å². The van der Waals surface area contributed by atoms with E-state index in [-0.39, 0.29) is 5.56 Å². The van der Waals surface area contributed by atoms with Gasteiger partial charge in [0.25, 0.3) is 0 Å². The normalized spacial score (nSPS) is 10.1. The van der Waals surface area contributed by atoms with E-state index >= 15 is 0 Å². The highest BCUT2D eigenvalue weighted by Crippen LogP contribution is 2.28. The molecule has 0 unspecified atom stereocenters. The molecule has 20 heavy (non-hydrogen) atoms. The maximum Gasteiger partial charge on any atom is 0.335 e. The lowest BCUT2D eigenvalue weighted by Gasteiger charge is -2.11. The van der Waals surface area contributed by atoms with E-state index in [1.807, 2.05) is 6.07 Å². The van der Waals surface area contributed by atoms with Crippen molar-refractivity contribution >= 4 is 23.3 Å². The van der Waals surface area contributed by atoms with E-state index in [1.54, 1.807) is 43.5 Å². The highest BCUT2D eigenvalue weighted by Gasteiger charge is 2.06. The Morgan fingerprint density at radius 1 is 1.30 bits per heavy atom. The fraction of sp³-hybridized carbons (Fsp3) is 0.133. The fourth-order valence-electron chi connectivity index (χ4n) is 1.83. The summed E-state index contributed by atoms with van der Waals surface area (Å²) < 4.78 is 5.24. The molecule has 4 nitrogen and oxygen atoms in total. The van der Waals surface area contributed by atoms with E-state index in [0.717, 1.165) is 11.3 Å². The zero-order chi connectivity index (χ0) is 14.5. The number of benzene rings is 2. The topological polar surface area (TPSA) is 58.6 Å². The van der Waals surface area contributed by atoms with Crippen LogP contribution in [0.15, 0.2) is 42.5 Å². The van der Waals surface area contributed by atoms with E-state index in [0.29, 0.717) is 17.3 Å². The monoisotopic (exact) mass is 291 g/mol. The molecule has 0 saturated heterocycles. The van der Waals surface area contributed by atoms with Gasteiger partial charge in [-0.05, 0) is 35.9 Å². The minimum Gasteiger partial charge on any atom is -0.495 e. The second-order valence-corrected chi connectivity index (χ2v) is 4.64. The standard InChI is InChI=1S/C15H14ClNO3/c1-20-14-6-5-12(16)8-13(14)17-9-10-3-2-4-11(7-10)15(18)19/h2-8,17H,9H2,1H3,(H,18,19). The van der Waals surface area contributed by atoms with Gasteiger partial charge in [0, 0.05) is 11.6 Å². The van der Waals surface area contributed by atoms with Crippen molar-refractivity contribution in [3.05, 3.63) is 58.6 Å². The van der Waals surface area contributed by atoms with Gasteiger partial charge in [-0.3, -0.25) is 0 Å². The Balaban J connectivity index is 2.14. The Bertz CT molecular complexity index is 628. The summed E-state index contributed by atoms with van der Waals surface area (Å²) in [5.74, 6) is -0.254. The van der Waals surface area contributed by atoms with E-state index in [1.165, 1.54) is 0 Å². The molecule has 0 spiro atoms. The first-order valence-electron chi connectivity index (χ1n) is 6.00. The smallest absolute Gasteiger partial charge is 0.335 e. The van der Waals surface area contributed by atoms with Gasteiger partial charge in [0.1, 0.15) is 5.75 Å². The summed E-state index contributed by atoms with van der Waals surface area (Å²) in [6.45, 7) is 0.484. The number of hydrogen-bond acceptors (Lipinski definition) is 3. The highest BCUT2D eigenvalue weighted by atomic mass is 35.5. The second kappa shape index (κ2) is 6.30. The van der Waals surface area contributed by atoms with Crippen molar-refractivity contribution in [3.63, 3.8) is 0 Å². The van der Waals surface area contributed by atoms with E-state index in [9.17, 15) is 4.79 Å². The summed E-state index contributed by atoms with van der Waals surface area (Å²) in [5, 5.41) is 12.7. The molecule has 0 amide bonds. The Kier molecular flexibility index (Phi) is 4.48. The van der Waals surface area contributed by atoms with E-state index < -0.39 is 5.97 Å². The van der Waals surface area contributed by atoms with Crippen LogP contribution in [-0.4, -0.2) is 18.2 Å². The molecule has 0 bridgehead atoms. The molecule has 0 heterocycles. The van der Waals surface area contributed by atoms with Gasteiger partial charge in [-0.1, -0.05) is 23.7 Å². The van der Waals surface area contributed by atoms with Crippen LogP contribution in [0.5, 0.6) is 5.75 Å². The molecular formula is C15H14ClNO3. The summed E-state index contributed by atoms with van der Waals surface area (Å²) in [5.41, 5.74) is 1.90. The minimum atomic E-state index is -0.938. The Labute approximate surface area is 122 Å². The lowest BCUT2D eigenvalue weighted by atomic mass is 10.1. The van der Waals surface area contributed by atoms with Gasteiger partial charge in [0.15, 0.2) is 0 Å². The summed E-state index contributed by atoms with van der Waals surface area (Å²) >= 11 is 5.95. The molecule has 0 saturated carbocycles. The fourth-order valence-corrected chi connectivity index (χ4v) is 2.00. The van der Waals surface area contributed by atoms with Gasteiger partial charge in [-0.25, -0.2) is 4.79 Å². The molecule has 2 rings (SSSR count). The van der Waals surface area contributed by atoms with Crippen LogP contribution in [0.2, 0.25) is 5.02 Å². The van der Waals surface area contributed by atoms with Crippen molar-refractivity contribution in [2.45, 2.75) is 6.54 Å². The molecule has 0 radical (unpaired) electrons. The first-order chi connectivity index (χ1) is 9.60. The lowest BCUT2D eigenvalue weighted by molar-refractivity contribution is 0.0697. The van der Waals surface area contributed by atoms with Crippen LogP contribution < -0.4 is 10.1 Å². The Hall–Kier alpha value is -2.20. The number of rotatable bonds is 5. The van der Waals surface area contributed by atoms with Crippen molar-refractivity contribution in [1.82, 2.24) is 0 Å². The Morgan fingerprint density at radius 3 is 2.80 bits per heavy atom. The molecule has 2 aromatic carbocycles. The maximum absolute atomic E-state index is 10.9. The van der Waals surface area contributed by atoms with Crippen LogP contribution in [0.3, 0.4) is 0 Å². The number of aromatic carboxylic acids is 1. The maximum atomic E-state index is 10.9. The van der Waals surface area contributed by atoms with Crippen molar-refractivity contribution in [2.75, 3.05) is 12.4 Å². The van der Waals surface area contributed by atoms with E-state index in [2.05, 4.69) is 5.32 Å². The molecule has 0 aromatic heterocycles. The first kappa shape index (κ1) is 14.2. The largest absolute Gasteiger partial charge is 0.495 e. The van der Waals surface area contributed by atoms with Crippen LogP contribution in [0.1, 0.15) is 15.9 Å². The van der Waals surface area contributed by atoms with Crippen molar-refractivity contribution in [2.24, 2.45) is 0 Å². The first-order valence-corrected chi connectivity index (χ1v) is 6.37. The van der Waals surface area contributed by atoms with Crippen LogP contribution >= 0.6 is 11.6 Å². The molecule has 2 aromatic rings. The molecular weight excluding hydrogens is 278 g/mol. The minimum absolute atomic E-state index is 0.266. The molecule has 5 heteroatoms. The number of anilines is 1. The van der Waals surface area contributed by atoms with Crippen LogP contribution in [0.4, 0.5) is 5.69 Å². The third-order valence-corrected chi connectivity index (χ3v) is 3.05. The van der Waals surface area contributed by atoms with Gasteiger partial charge >= 0.3 is 5.97 Å². The molecule has 0 fully saturated rings. The zero-order valence-corrected chi connectivity index (χ0v) is 11.6. The Morgan fingerprint density at radius 2 is 2.10 bits per heavy atom. The highest BCUT2D eigenvalue weighted by molar-refractivity contribution is 6.30. The number of ether oxygens (including phenoxy) is 1. The van der Waals surface area contributed by atoms with Crippen LogP contribution in [0.25, 0.3) is 0 Å². The van der Waals surface area contributed by atoms with Gasteiger partial charge in [0.2, 0.25) is 0 Å². The van der Waals surface area contributed by atoms with Gasteiger partial charge in [-0.2, -0.15) is 0 Å². The number of hydrogen-bond donors (Lipinski definition) is 2. The van der Waals surface area contributed by atoms with Crippen molar-refractivity contribution < 1.29 is 14.6 Å². The van der Waals surface area contributed by atoms with Gasteiger partial charge < -0.3 is 15.2 Å². The molecule has 0 aliphatic heterocycles. The molecule has 0 aliphatic carbocycles. The van der Waals surface area contributed by atoms with Gasteiger partial charge in [0.05, 0.1) is 18.4 Å². The zero-order valence-electron chi connectivity index (χ0n) is 10.9. The number of nitrogens with one attached hydrogen (secondary N) is 1. The van der Waals surface area contributed by atoms with Crippen LogP contribution in [0, 0.1) is 0 Å². The van der Waals surface area contributed by atoms with Gasteiger partial charge in [-0.15, -0.1) is 0 Å². The molecule has 0 aliphatic rings. The quantitative estimate of drug-likeness (QED) is 0.882. The predicted molar refractivity (Wildman–Crippen MR) is 78.7 cm³/mol. The number of carboxylic acid groups (broad SMARTS) is 1. The van der Waals surface area contributed by atoms with E-state index in [4.69, 9.17) is 21.4 Å². The SMILES string of the molecule is COc1ccc(Cl)cc1NCc1cccc(C(=O)O)c1.